The number of carbonyl (C=O) groups is 1. The number of nitrogens with zero attached hydrogens (tertiary/aromatic N) is 2. The van der Waals surface area contributed by atoms with E-state index in [1.54, 1.807) is 29.3 Å². The molecular weight excluding hydrogens is 278 g/mol. The van der Waals surface area contributed by atoms with Crippen molar-refractivity contribution in [3.63, 3.8) is 0 Å². The summed E-state index contributed by atoms with van der Waals surface area (Å²) in [6, 6.07) is 4.13. The minimum absolute atomic E-state index is 0.0739. The highest BCUT2D eigenvalue weighted by atomic mass is 32.2. The maximum atomic E-state index is 11.7. The molecule has 0 aliphatic heterocycles. The molecule has 0 aliphatic rings. The van der Waals surface area contributed by atoms with E-state index in [4.69, 9.17) is 0 Å². The molecule has 0 saturated heterocycles. The monoisotopic (exact) mass is 295 g/mol. The van der Waals surface area contributed by atoms with E-state index in [1.165, 1.54) is 4.88 Å². The van der Waals surface area contributed by atoms with Gasteiger partial charge in [-0.05, 0) is 18.4 Å². The number of thioether (sulfide) groups is 1. The Balaban J connectivity index is 1.68. The van der Waals surface area contributed by atoms with Crippen molar-refractivity contribution in [2.24, 2.45) is 7.05 Å². The molecule has 19 heavy (non-hydrogen) atoms. The lowest BCUT2D eigenvalue weighted by Crippen LogP contribution is -2.24. The van der Waals surface area contributed by atoms with Crippen LogP contribution in [0.15, 0.2) is 23.7 Å². The van der Waals surface area contributed by atoms with Gasteiger partial charge in [-0.3, -0.25) is 9.48 Å². The van der Waals surface area contributed by atoms with Crippen LogP contribution in [-0.2, 0) is 24.1 Å². The lowest BCUT2D eigenvalue weighted by atomic mass is 10.2. The topological polar surface area (TPSA) is 46.9 Å². The number of amides is 1. The molecule has 2 rings (SSSR count). The Labute approximate surface area is 121 Å². The van der Waals surface area contributed by atoms with Crippen LogP contribution in [0.5, 0.6) is 0 Å². The summed E-state index contributed by atoms with van der Waals surface area (Å²) in [4.78, 5) is 13.0. The standard InChI is InChI=1S/C13H17N3OS2/c1-10-11(7-15-16(10)2)6-14-13(17)9-18-8-12-4-3-5-19-12/h3-5,7H,6,8-9H2,1-2H3,(H,14,17). The smallest absolute Gasteiger partial charge is 0.230 e. The Kier molecular flexibility index (Phi) is 5.04. The number of hydrogen-bond donors (Lipinski definition) is 1. The molecule has 4 nitrogen and oxygen atoms in total. The summed E-state index contributed by atoms with van der Waals surface area (Å²) in [5.74, 6) is 1.47. The first-order chi connectivity index (χ1) is 9.16. The molecule has 1 amide bonds. The van der Waals surface area contributed by atoms with Crippen LogP contribution >= 0.6 is 23.1 Å². The molecule has 0 aromatic carbocycles. The van der Waals surface area contributed by atoms with Gasteiger partial charge >= 0.3 is 0 Å². The molecule has 1 N–H and O–H groups in total. The number of aryl methyl sites for hydroxylation is 1. The van der Waals surface area contributed by atoms with E-state index in [-0.39, 0.29) is 5.91 Å². The maximum absolute atomic E-state index is 11.7. The van der Waals surface area contributed by atoms with Crippen LogP contribution in [0.25, 0.3) is 0 Å². The zero-order chi connectivity index (χ0) is 13.7. The first-order valence-corrected chi connectivity index (χ1v) is 8.04. The molecule has 102 valence electrons. The van der Waals surface area contributed by atoms with Gasteiger partial charge in [0.15, 0.2) is 0 Å². The normalized spacial score (nSPS) is 10.6. The molecule has 0 spiro atoms. The molecule has 0 saturated carbocycles. The van der Waals surface area contributed by atoms with Gasteiger partial charge in [-0.15, -0.1) is 23.1 Å². The third-order valence-corrected chi connectivity index (χ3v) is 4.91. The van der Waals surface area contributed by atoms with Gasteiger partial charge < -0.3 is 5.32 Å². The van der Waals surface area contributed by atoms with Crippen LogP contribution in [0.1, 0.15) is 16.1 Å². The maximum Gasteiger partial charge on any atom is 0.230 e. The van der Waals surface area contributed by atoms with Crippen LogP contribution in [0.2, 0.25) is 0 Å². The van der Waals surface area contributed by atoms with Crippen molar-refractivity contribution in [3.05, 3.63) is 39.8 Å². The minimum Gasteiger partial charge on any atom is -0.351 e. The second-order valence-electron chi connectivity index (χ2n) is 4.23. The Morgan fingerprint density at radius 3 is 3.05 bits per heavy atom. The van der Waals surface area contributed by atoms with E-state index in [0.29, 0.717) is 12.3 Å². The van der Waals surface area contributed by atoms with Crippen molar-refractivity contribution in [1.82, 2.24) is 15.1 Å². The summed E-state index contributed by atoms with van der Waals surface area (Å²) >= 11 is 3.37. The van der Waals surface area contributed by atoms with Gasteiger partial charge in [-0.2, -0.15) is 5.10 Å². The average Bonchev–Trinajstić information content (AvgIpc) is 3.00. The van der Waals surface area contributed by atoms with Crippen LogP contribution in [0, 0.1) is 6.92 Å². The van der Waals surface area contributed by atoms with Gasteiger partial charge in [-0.1, -0.05) is 6.07 Å². The summed E-state index contributed by atoms with van der Waals surface area (Å²) in [5.41, 5.74) is 2.16. The molecular formula is C13H17N3OS2. The molecule has 0 fully saturated rings. The van der Waals surface area contributed by atoms with Gasteiger partial charge in [0.05, 0.1) is 11.9 Å². The molecule has 2 heterocycles. The Hall–Kier alpha value is -1.27. The number of nitrogens with one attached hydrogen (secondary N) is 1. The summed E-state index contributed by atoms with van der Waals surface area (Å²) < 4.78 is 1.81. The SMILES string of the molecule is Cc1c(CNC(=O)CSCc2cccs2)cnn1C. The van der Waals surface area contributed by atoms with E-state index in [9.17, 15) is 4.79 Å². The van der Waals surface area contributed by atoms with Crippen LogP contribution < -0.4 is 5.32 Å². The Morgan fingerprint density at radius 2 is 2.42 bits per heavy atom. The Morgan fingerprint density at radius 1 is 1.58 bits per heavy atom. The molecule has 0 unspecified atom stereocenters. The Bertz CT molecular complexity index is 534. The third-order valence-electron chi connectivity index (χ3n) is 2.87. The zero-order valence-corrected chi connectivity index (χ0v) is 12.7. The highest BCUT2D eigenvalue weighted by molar-refractivity contribution is 7.99. The fraction of sp³-hybridized carbons (Fsp3) is 0.385. The molecule has 2 aromatic heterocycles. The number of rotatable bonds is 6. The lowest BCUT2D eigenvalue weighted by molar-refractivity contribution is -0.118. The van der Waals surface area contributed by atoms with E-state index < -0.39 is 0 Å². The van der Waals surface area contributed by atoms with Crippen molar-refractivity contribution < 1.29 is 4.79 Å². The molecule has 0 radical (unpaired) electrons. The van der Waals surface area contributed by atoms with Gasteiger partial charge in [0.1, 0.15) is 0 Å². The average molecular weight is 295 g/mol. The van der Waals surface area contributed by atoms with Crippen molar-refractivity contribution in [2.45, 2.75) is 19.2 Å². The summed E-state index contributed by atoms with van der Waals surface area (Å²) in [6.07, 6.45) is 1.80. The predicted octanol–water partition coefficient (Wildman–Crippen LogP) is 2.34. The number of aromatic nitrogens is 2. The predicted molar refractivity (Wildman–Crippen MR) is 80.3 cm³/mol. The number of hydrogen-bond acceptors (Lipinski definition) is 4. The quantitative estimate of drug-likeness (QED) is 0.890. The summed E-state index contributed by atoms with van der Waals surface area (Å²) in [7, 11) is 1.90. The third kappa shape index (κ3) is 4.11. The van der Waals surface area contributed by atoms with Crippen molar-refractivity contribution in [3.8, 4) is 0 Å². The fourth-order valence-electron chi connectivity index (χ4n) is 1.60. The first-order valence-electron chi connectivity index (χ1n) is 6.01. The number of carbonyl (C=O) groups excluding carboxylic acids is 1. The van der Waals surface area contributed by atoms with Crippen molar-refractivity contribution >= 4 is 29.0 Å². The fourth-order valence-corrected chi connectivity index (χ4v) is 3.30. The molecule has 0 aliphatic carbocycles. The van der Waals surface area contributed by atoms with Gasteiger partial charge in [0, 0.05) is 35.5 Å². The van der Waals surface area contributed by atoms with Crippen LogP contribution in [0.4, 0.5) is 0 Å². The molecule has 0 bridgehead atoms. The highest BCUT2D eigenvalue weighted by Crippen LogP contribution is 2.16. The van der Waals surface area contributed by atoms with E-state index in [1.807, 2.05) is 24.7 Å². The minimum atomic E-state index is 0.0739. The largest absolute Gasteiger partial charge is 0.351 e. The second kappa shape index (κ2) is 6.77. The zero-order valence-electron chi connectivity index (χ0n) is 11.0. The van der Waals surface area contributed by atoms with E-state index in [2.05, 4.69) is 21.9 Å². The first kappa shape index (κ1) is 14.1. The second-order valence-corrected chi connectivity index (χ2v) is 6.25. The van der Waals surface area contributed by atoms with Gasteiger partial charge in [0.2, 0.25) is 5.91 Å². The number of thiophene rings is 1. The molecule has 0 atom stereocenters. The van der Waals surface area contributed by atoms with Crippen LogP contribution in [-0.4, -0.2) is 21.4 Å². The van der Waals surface area contributed by atoms with Gasteiger partial charge in [0.25, 0.3) is 0 Å². The van der Waals surface area contributed by atoms with Crippen LogP contribution in [0.3, 0.4) is 0 Å². The summed E-state index contributed by atoms with van der Waals surface area (Å²) in [5, 5.41) is 9.13. The summed E-state index contributed by atoms with van der Waals surface area (Å²) in [6.45, 7) is 2.55. The van der Waals surface area contributed by atoms with E-state index >= 15 is 0 Å². The van der Waals surface area contributed by atoms with Crippen molar-refractivity contribution in [2.75, 3.05) is 5.75 Å². The lowest BCUT2D eigenvalue weighted by Gasteiger charge is -2.04. The molecule has 6 heteroatoms. The van der Waals surface area contributed by atoms with Crippen molar-refractivity contribution in [1.29, 1.82) is 0 Å². The van der Waals surface area contributed by atoms with Gasteiger partial charge in [-0.25, -0.2) is 0 Å². The highest BCUT2D eigenvalue weighted by Gasteiger charge is 2.06. The van der Waals surface area contributed by atoms with E-state index in [0.717, 1.165) is 17.0 Å². The molecule has 2 aromatic rings.